The smallest absolute Gasteiger partial charge is 0.233 e. The molecule has 8 heteroatoms. The number of hydrogen-bond acceptors (Lipinski definition) is 7. The van der Waals surface area contributed by atoms with Gasteiger partial charge in [0.2, 0.25) is 5.91 Å². The monoisotopic (exact) mass is 394 g/mol. The van der Waals surface area contributed by atoms with E-state index in [1.165, 1.54) is 22.9 Å². The summed E-state index contributed by atoms with van der Waals surface area (Å²) in [6.07, 6.45) is 1.98. The molecule has 2 aromatic rings. The van der Waals surface area contributed by atoms with Crippen molar-refractivity contribution in [2.24, 2.45) is 0 Å². The maximum atomic E-state index is 12.4. The number of carbonyl (C=O) groups is 1. The molecule has 0 radical (unpaired) electrons. The summed E-state index contributed by atoms with van der Waals surface area (Å²) in [6.45, 7) is 6.59. The van der Waals surface area contributed by atoms with Gasteiger partial charge in [0, 0.05) is 32.7 Å². The van der Waals surface area contributed by atoms with Crippen molar-refractivity contribution in [3.63, 3.8) is 0 Å². The Morgan fingerprint density at radius 2 is 1.88 bits per heavy atom. The third-order valence-corrected chi connectivity index (χ3v) is 7.28. The van der Waals surface area contributed by atoms with Gasteiger partial charge in [0.25, 0.3) is 0 Å². The van der Waals surface area contributed by atoms with Gasteiger partial charge in [0.05, 0.1) is 5.75 Å². The molecule has 134 valence electrons. The van der Waals surface area contributed by atoms with Gasteiger partial charge in [-0.05, 0) is 24.3 Å². The van der Waals surface area contributed by atoms with Crippen LogP contribution >= 0.6 is 34.9 Å². The zero-order chi connectivity index (χ0) is 17.6. The summed E-state index contributed by atoms with van der Waals surface area (Å²) in [5.74, 6) is 0.641. The summed E-state index contributed by atoms with van der Waals surface area (Å²) >= 11 is 4.62. The Kier molecular flexibility index (Phi) is 6.75. The van der Waals surface area contributed by atoms with Gasteiger partial charge in [-0.2, -0.15) is 0 Å². The second-order valence-electron chi connectivity index (χ2n) is 5.91. The quantitative estimate of drug-likeness (QED) is 0.702. The average molecular weight is 395 g/mol. The number of benzene rings is 1. The van der Waals surface area contributed by atoms with Gasteiger partial charge in [-0.1, -0.05) is 59.1 Å². The molecule has 1 aromatic heterocycles. The highest BCUT2D eigenvalue weighted by molar-refractivity contribution is 8.03. The first-order valence-corrected chi connectivity index (χ1v) is 11.2. The average Bonchev–Trinajstić information content (AvgIpc) is 3.10. The SMILES string of the molecule is CSc1nnc(SCC(=O)N2CCN(Cc3ccccc3C)CC2)s1. The van der Waals surface area contributed by atoms with E-state index in [-0.39, 0.29) is 5.91 Å². The zero-order valence-electron chi connectivity index (χ0n) is 14.5. The van der Waals surface area contributed by atoms with Gasteiger partial charge < -0.3 is 4.90 Å². The number of aromatic nitrogens is 2. The third kappa shape index (κ3) is 5.20. The Hall–Kier alpha value is -1.09. The minimum atomic E-state index is 0.196. The summed E-state index contributed by atoms with van der Waals surface area (Å²) in [6, 6.07) is 8.51. The van der Waals surface area contributed by atoms with Crippen LogP contribution in [-0.2, 0) is 11.3 Å². The van der Waals surface area contributed by atoms with E-state index in [0.717, 1.165) is 41.4 Å². The Morgan fingerprint density at radius 1 is 1.16 bits per heavy atom. The lowest BCUT2D eigenvalue weighted by molar-refractivity contribution is -0.130. The highest BCUT2D eigenvalue weighted by Gasteiger charge is 2.21. The second-order valence-corrected chi connectivity index (χ2v) is 9.16. The fourth-order valence-electron chi connectivity index (χ4n) is 2.74. The minimum absolute atomic E-state index is 0.196. The molecule has 1 saturated heterocycles. The van der Waals surface area contributed by atoms with Gasteiger partial charge in [-0.25, -0.2) is 0 Å². The predicted octanol–water partition coefficient (Wildman–Crippen LogP) is 3.00. The van der Waals surface area contributed by atoms with E-state index in [0.29, 0.717) is 5.75 Å². The molecular formula is C17H22N4OS3. The van der Waals surface area contributed by atoms with Crippen LogP contribution in [0.15, 0.2) is 32.9 Å². The number of amides is 1. The molecule has 2 heterocycles. The van der Waals surface area contributed by atoms with Crippen molar-refractivity contribution in [2.45, 2.75) is 22.1 Å². The first-order chi connectivity index (χ1) is 12.2. The van der Waals surface area contributed by atoms with Crippen LogP contribution in [0.3, 0.4) is 0 Å². The minimum Gasteiger partial charge on any atom is -0.339 e. The molecule has 0 spiro atoms. The molecule has 1 fully saturated rings. The molecule has 1 aromatic carbocycles. The molecule has 1 amide bonds. The summed E-state index contributed by atoms with van der Waals surface area (Å²) in [5, 5.41) is 8.16. The normalized spacial score (nSPS) is 15.5. The molecule has 1 aliphatic rings. The van der Waals surface area contributed by atoms with Crippen molar-refractivity contribution in [1.29, 1.82) is 0 Å². The number of nitrogens with zero attached hydrogens (tertiary/aromatic N) is 4. The van der Waals surface area contributed by atoms with Crippen LogP contribution in [0.1, 0.15) is 11.1 Å². The van der Waals surface area contributed by atoms with Gasteiger partial charge in [-0.15, -0.1) is 10.2 Å². The number of carbonyl (C=O) groups excluding carboxylic acids is 1. The Bertz CT molecular complexity index is 713. The van der Waals surface area contributed by atoms with Gasteiger partial charge >= 0.3 is 0 Å². The van der Waals surface area contributed by atoms with E-state index in [2.05, 4.69) is 46.3 Å². The van der Waals surface area contributed by atoms with Gasteiger partial charge in [-0.3, -0.25) is 9.69 Å². The fourth-order valence-corrected chi connectivity index (χ4v) is 5.08. The summed E-state index contributed by atoms with van der Waals surface area (Å²) in [4.78, 5) is 16.8. The second kappa shape index (κ2) is 9.02. The highest BCUT2D eigenvalue weighted by atomic mass is 32.2. The van der Waals surface area contributed by atoms with Crippen LogP contribution in [-0.4, -0.2) is 64.1 Å². The molecule has 0 saturated carbocycles. The highest BCUT2D eigenvalue weighted by Crippen LogP contribution is 2.27. The first kappa shape index (κ1) is 18.7. The Labute approximate surface area is 161 Å². The molecule has 25 heavy (non-hydrogen) atoms. The predicted molar refractivity (Wildman–Crippen MR) is 105 cm³/mol. The van der Waals surface area contributed by atoms with Crippen molar-refractivity contribution in [3.8, 4) is 0 Å². The van der Waals surface area contributed by atoms with Crippen molar-refractivity contribution >= 4 is 40.8 Å². The van der Waals surface area contributed by atoms with E-state index < -0.39 is 0 Å². The van der Waals surface area contributed by atoms with Crippen molar-refractivity contribution in [3.05, 3.63) is 35.4 Å². The maximum Gasteiger partial charge on any atom is 0.233 e. The summed E-state index contributed by atoms with van der Waals surface area (Å²) in [7, 11) is 0. The molecule has 0 aliphatic carbocycles. The molecule has 0 N–H and O–H groups in total. The van der Waals surface area contributed by atoms with Gasteiger partial charge in [0.15, 0.2) is 8.68 Å². The van der Waals surface area contributed by atoms with E-state index in [1.54, 1.807) is 23.1 Å². The molecule has 0 bridgehead atoms. The Balaban J connectivity index is 1.43. The number of piperazine rings is 1. The number of hydrogen-bond donors (Lipinski definition) is 0. The summed E-state index contributed by atoms with van der Waals surface area (Å²) in [5.41, 5.74) is 2.71. The lowest BCUT2D eigenvalue weighted by Gasteiger charge is -2.35. The topological polar surface area (TPSA) is 49.3 Å². The molecular weight excluding hydrogens is 372 g/mol. The van der Waals surface area contributed by atoms with Crippen molar-refractivity contribution in [1.82, 2.24) is 20.0 Å². The Morgan fingerprint density at radius 3 is 2.56 bits per heavy atom. The number of aryl methyl sites for hydroxylation is 1. The van der Waals surface area contributed by atoms with Crippen LogP contribution in [0.25, 0.3) is 0 Å². The first-order valence-electron chi connectivity index (χ1n) is 8.20. The van der Waals surface area contributed by atoms with Crippen LogP contribution in [0.5, 0.6) is 0 Å². The van der Waals surface area contributed by atoms with Crippen LogP contribution in [0.2, 0.25) is 0 Å². The van der Waals surface area contributed by atoms with Crippen LogP contribution in [0, 0.1) is 6.92 Å². The largest absolute Gasteiger partial charge is 0.339 e. The van der Waals surface area contributed by atoms with E-state index >= 15 is 0 Å². The van der Waals surface area contributed by atoms with Crippen molar-refractivity contribution < 1.29 is 4.79 Å². The van der Waals surface area contributed by atoms with Crippen LogP contribution in [0.4, 0.5) is 0 Å². The maximum absolute atomic E-state index is 12.4. The third-order valence-electron chi connectivity index (χ3n) is 4.26. The van der Waals surface area contributed by atoms with Gasteiger partial charge in [0.1, 0.15) is 0 Å². The fraction of sp³-hybridized carbons (Fsp3) is 0.471. The number of thioether (sulfide) groups is 2. The molecule has 0 unspecified atom stereocenters. The lowest BCUT2D eigenvalue weighted by Crippen LogP contribution is -2.48. The standard InChI is InChI=1S/C17H22N4OS3/c1-13-5-3-4-6-14(13)11-20-7-9-21(10-8-20)15(22)12-24-17-19-18-16(23-2)25-17/h3-6H,7-12H2,1-2H3. The van der Waals surface area contributed by atoms with E-state index in [9.17, 15) is 4.79 Å². The lowest BCUT2D eigenvalue weighted by atomic mass is 10.1. The summed E-state index contributed by atoms with van der Waals surface area (Å²) < 4.78 is 1.82. The molecule has 3 rings (SSSR count). The number of rotatable bonds is 6. The molecule has 1 aliphatic heterocycles. The molecule has 5 nitrogen and oxygen atoms in total. The zero-order valence-corrected chi connectivity index (χ0v) is 16.9. The molecule has 0 atom stereocenters. The van der Waals surface area contributed by atoms with Crippen LogP contribution < -0.4 is 0 Å². The van der Waals surface area contributed by atoms with Crippen molar-refractivity contribution in [2.75, 3.05) is 38.2 Å². The van der Waals surface area contributed by atoms with E-state index in [1.807, 2.05) is 11.2 Å². The van der Waals surface area contributed by atoms with E-state index in [4.69, 9.17) is 0 Å².